The third-order valence-electron chi connectivity index (χ3n) is 3.07. The third kappa shape index (κ3) is 3.65. The number of rotatable bonds is 5. The largest absolute Gasteiger partial charge is 0.329 e. The molecule has 0 aromatic carbocycles. The maximum absolute atomic E-state index is 5.80. The highest BCUT2D eigenvalue weighted by Gasteiger charge is 2.18. The molecule has 0 radical (unpaired) electrons. The fourth-order valence-corrected chi connectivity index (χ4v) is 2.17. The molecule has 78 valence electrons. The van der Waals surface area contributed by atoms with Crippen LogP contribution in [-0.4, -0.2) is 30.6 Å². The van der Waals surface area contributed by atoms with E-state index in [0.29, 0.717) is 6.04 Å². The molecule has 13 heavy (non-hydrogen) atoms. The Labute approximate surface area is 82.5 Å². The second-order valence-electron chi connectivity index (χ2n) is 4.13. The van der Waals surface area contributed by atoms with Gasteiger partial charge in [-0.25, -0.2) is 0 Å². The Bertz CT molecular complexity index is 119. The molecule has 1 saturated heterocycles. The van der Waals surface area contributed by atoms with Crippen molar-refractivity contribution >= 4 is 0 Å². The zero-order chi connectivity index (χ0) is 9.52. The number of likely N-dealkylation sites (tertiary alicyclic amines) is 1. The van der Waals surface area contributed by atoms with Crippen molar-refractivity contribution < 1.29 is 0 Å². The van der Waals surface area contributed by atoms with Crippen molar-refractivity contribution in [2.24, 2.45) is 5.73 Å². The minimum atomic E-state index is 0.667. The van der Waals surface area contributed by atoms with Crippen LogP contribution < -0.4 is 5.73 Å². The molecule has 2 N–H and O–H groups in total. The van der Waals surface area contributed by atoms with Gasteiger partial charge >= 0.3 is 0 Å². The molecule has 1 heterocycles. The standard InChI is InChI=1S/C11H24N2/c1-2-3-7-11(10-12)13-8-5-4-6-9-13/h11H,2-10,12H2,1H3. The highest BCUT2D eigenvalue weighted by molar-refractivity contribution is 4.75. The zero-order valence-electron chi connectivity index (χ0n) is 8.97. The van der Waals surface area contributed by atoms with Gasteiger partial charge in [-0.05, 0) is 32.4 Å². The molecule has 0 amide bonds. The quantitative estimate of drug-likeness (QED) is 0.708. The Morgan fingerprint density at radius 1 is 1.23 bits per heavy atom. The molecule has 2 nitrogen and oxygen atoms in total. The smallest absolute Gasteiger partial charge is 0.0218 e. The van der Waals surface area contributed by atoms with Crippen LogP contribution in [-0.2, 0) is 0 Å². The minimum absolute atomic E-state index is 0.667. The lowest BCUT2D eigenvalue weighted by molar-refractivity contribution is 0.157. The van der Waals surface area contributed by atoms with Crippen molar-refractivity contribution in [1.82, 2.24) is 4.90 Å². The first-order valence-corrected chi connectivity index (χ1v) is 5.82. The van der Waals surface area contributed by atoms with Gasteiger partial charge in [-0.15, -0.1) is 0 Å². The average Bonchev–Trinajstić information content (AvgIpc) is 2.21. The van der Waals surface area contributed by atoms with E-state index in [1.807, 2.05) is 0 Å². The van der Waals surface area contributed by atoms with E-state index in [9.17, 15) is 0 Å². The number of hydrogen-bond donors (Lipinski definition) is 1. The molecule has 0 bridgehead atoms. The van der Waals surface area contributed by atoms with Crippen LogP contribution in [0.3, 0.4) is 0 Å². The van der Waals surface area contributed by atoms with Crippen molar-refractivity contribution in [1.29, 1.82) is 0 Å². The van der Waals surface area contributed by atoms with Crippen LogP contribution in [0.15, 0.2) is 0 Å². The SMILES string of the molecule is CCCCC(CN)N1CCCCC1. The predicted molar refractivity (Wildman–Crippen MR) is 57.8 cm³/mol. The molecule has 0 aromatic rings. The molecule has 1 atom stereocenters. The molecule has 1 rings (SSSR count). The number of unbranched alkanes of at least 4 members (excludes halogenated alkanes) is 1. The van der Waals surface area contributed by atoms with Crippen LogP contribution in [0.4, 0.5) is 0 Å². The first kappa shape index (κ1) is 11.0. The Morgan fingerprint density at radius 3 is 2.46 bits per heavy atom. The summed E-state index contributed by atoms with van der Waals surface area (Å²) in [7, 11) is 0. The second kappa shape index (κ2) is 6.39. The van der Waals surface area contributed by atoms with Gasteiger partial charge in [0.15, 0.2) is 0 Å². The van der Waals surface area contributed by atoms with E-state index in [2.05, 4.69) is 11.8 Å². The predicted octanol–water partition coefficient (Wildman–Crippen LogP) is 1.99. The molecular weight excluding hydrogens is 160 g/mol. The van der Waals surface area contributed by atoms with E-state index < -0.39 is 0 Å². The normalized spacial score (nSPS) is 21.7. The van der Waals surface area contributed by atoms with E-state index in [4.69, 9.17) is 5.73 Å². The highest BCUT2D eigenvalue weighted by Crippen LogP contribution is 2.15. The first-order chi connectivity index (χ1) is 6.38. The maximum atomic E-state index is 5.80. The van der Waals surface area contributed by atoms with E-state index >= 15 is 0 Å². The van der Waals surface area contributed by atoms with Crippen LogP contribution in [0.5, 0.6) is 0 Å². The van der Waals surface area contributed by atoms with Crippen LogP contribution >= 0.6 is 0 Å². The molecule has 2 heteroatoms. The molecule has 0 saturated carbocycles. The van der Waals surface area contributed by atoms with Crippen molar-refractivity contribution in [3.8, 4) is 0 Å². The Morgan fingerprint density at radius 2 is 1.92 bits per heavy atom. The van der Waals surface area contributed by atoms with Crippen molar-refractivity contribution in [3.05, 3.63) is 0 Å². The fraction of sp³-hybridized carbons (Fsp3) is 1.00. The molecular formula is C11H24N2. The van der Waals surface area contributed by atoms with E-state index in [-0.39, 0.29) is 0 Å². The van der Waals surface area contributed by atoms with Gasteiger partial charge in [0.05, 0.1) is 0 Å². The molecule has 1 unspecified atom stereocenters. The molecule has 1 fully saturated rings. The maximum Gasteiger partial charge on any atom is 0.0218 e. The molecule has 0 spiro atoms. The van der Waals surface area contributed by atoms with E-state index in [1.54, 1.807) is 0 Å². The number of hydrogen-bond acceptors (Lipinski definition) is 2. The summed E-state index contributed by atoms with van der Waals surface area (Å²) in [6.45, 7) is 5.67. The monoisotopic (exact) mass is 184 g/mol. The zero-order valence-corrected chi connectivity index (χ0v) is 8.97. The Hall–Kier alpha value is -0.0800. The molecule has 0 aliphatic carbocycles. The van der Waals surface area contributed by atoms with E-state index in [0.717, 1.165) is 6.54 Å². The average molecular weight is 184 g/mol. The lowest BCUT2D eigenvalue weighted by atomic mass is 10.0. The van der Waals surface area contributed by atoms with Gasteiger partial charge in [0, 0.05) is 12.6 Å². The fourth-order valence-electron chi connectivity index (χ4n) is 2.17. The Kier molecular flexibility index (Phi) is 5.40. The summed E-state index contributed by atoms with van der Waals surface area (Å²) < 4.78 is 0. The Balaban J connectivity index is 2.26. The summed E-state index contributed by atoms with van der Waals surface area (Å²) in [6.07, 6.45) is 8.10. The summed E-state index contributed by atoms with van der Waals surface area (Å²) in [4.78, 5) is 2.60. The molecule has 1 aliphatic rings. The van der Waals surface area contributed by atoms with Gasteiger partial charge in [0.25, 0.3) is 0 Å². The topological polar surface area (TPSA) is 29.3 Å². The van der Waals surface area contributed by atoms with Gasteiger partial charge in [-0.3, -0.25) is 4.90 Å². The summed E-state index contributed by atoms with van der Waals surface area (Å²) in [6, 6.07) is 0.667. The third-order valence-corrected chi connectivity index (χ3v) is 3.07. The lowest BCUT2D eigenvalue weighted by Gasteiger charge is -2.33. The number of piperidine rings is 1. The van der Waals surface area contributed by atoms with Gasteiger partial charge in [0.2, 0.25) is 0 Å². The highest BCUT2D eigenvalue weighted by atomic mass is 15.2. The van der Waals surface area contributed by atoms with Crippen LogP contribution in [0, 0.1) is 0 Å². The van der Waals surface area contributed by atoms with Crippen LogP contribution in [0.2, 0.25) is 0 Å². The summed E-state index contributed by atoms with van der Waals surface area (Å²) in [5.41, 5.74) is 5.80. The van der Waals surface area contributed by atoms with Gasteiger partial charge < -0.3 is 5.73 Å². The van der Waals surface area contributed by atoms with Gasteiger partial charge in [0.1, 0.15) is 0 Å². The first-order valence-electron chi connectivity index (χ1n) is 5.82. The molecule has 1 aliphatic heterocycles. The van der Waals surface area contributed by atoms with Crippen molar-refractivity contribution in [2.75, 3.05) is 19.6 Å². The lowest BCUT2D eigenvalue weighted by Crippen LogP contribution is -2.43. The number of nitrogens with zero attached hydrogens (tertiary/aromatic N) is 1. The van der Waals surface area contributed by atoms with E-state index in [1.165, 1.54) is 51.6 Å². The molecule has 0 aromatic heterocycles. The van der Waals surface area contributed by atoms with Gasteiger partial charge in [-0.2, -0.15) is 0 Å². The number of nitrogens with two attached hydrogens (primary N) is 1. The summed E-state index contributed by atoms with van der Waals surface area (Å²) in [5, 5.41) is 0. The van der Waals surface area contributed by atoms with Gasteiger partial charge in [-0.1, -0.05) is 26.2 Å². The second-order valence-corrected chi connectivity index (χ2v) is 4.13. The van der Waals surface area contributed by atoms with Crippen molar-refractivity contribution in [3.63, 3.8) is 0 Å². The summed E-state index contributed by atoms with van der Waals surface area (Å²) in [5.74, 6) is 0. The minimum Gasteiger partial charge on any atom is -0.329 e. The van der Waals surface area contributed by atoms with Crippen LogP contribution in [0.1, 0.15) is 45.4 Å². The summed E-state index contributed by atoms with van der Waals surface area (Å²) >= 11 is 0. The van der Waals surface area contributed by atoms with Crippen LogP contribution in [0.25, 0.3) is 0 Å². The van der Waals surface area contributed by atoms with Crippen molar-refractivity contribution in [2.45, 2.75) is 51.5 Å².